The number of sulfone groups is 1. The highest BCUT2D eigenvalue weighted by Crippen LogP contribution is 2.18. The fourth-order valence-electron chi connectivity index (χ4n) is 1.32. The topological polar surface area (TPSA) is 84.7 Å². The lowest BCUT2D eigenvalue weighted by molar-refractivity contribution is 0.406. The van der Waals surface area contributed by atoms with E-state index in [1.54, 1.807) is 6.08 Å². The molecule has 1 aromatic heterocycles. The summed E-state index contributed by atoms with van der Waals surface area (Å²) in [4.78, 5) is 0. The molecule has 0 aliphatic carbocycles. The van der Waals surface area contributed by atoms with Crippen molar-refractivity contribution >= 4 is 19.9 Å². The summed E-state index contributed by atoms with van der Waals surface area (Å²) in [6.07, 6.45) is 1.61. The maximum Gasteiger partial charge on any atom is 0.275 e. The van der Waals surface area contributed by atoms with Crippen LogP contribution in [0.25, 0.3) is 0 Å². The Bertz CT molecular complexity index is 692. The van der Waals surface area contributed by atoms with Crippen molar-refractivity contribution in [3.05, 3.63) is 29.5 Å². The second-order valence-corrected chi connectivity index (χ2v) is 9.04. The summed E-state index contributed by atoms with van der Waals surface area (Å²) < 4.78 is 53.4. The number of furan rings is 1. The summed E-state index contributed by atoms with van der Waals surface area (Å²) in [5, 5.41) is -0.255. The van der Waals surface area contributed by atoms with Gasteiger partial charge < -0.3 is 4.42 Å². The van der Waals surface area contributed by atoms with Crippen LogP contribution in [0.15, 0.2) is 33.3 Å². The Hall–Kier alpha value is -1.12. The third kappa shape index (κ3) is 4.46. The standard InChI is InChI=1S/C12H19NO5S2/c1-10(2)7-8-19(14,15)9-11-5-6-12(18-11)20(16,17)13(3)4/h5-7H,8-9H2,1-4H3. The smallest absolute Gasteiger partial charge is 0.275 e. The largest absolute Gasteiger partial charge is 0.447 e. The first-order valence-electron chi connectivity index (χ1n) is 5.89. The van der Waals surface area contributed by atoms with E-state index in [9.17, 15) is 16.8 Å². The predicted molar refractivity (Wildman–Crippen MR) is 76.5 cm³/mol. The Balaban J connectivity index is 2.92. The van der Waals surface area contributed by atoms with E-state index in [0.29, 0.717) is 0 Å². The van der Waals surface area contributed by atoms with E-state index in [1.807, 2.05) is 13.8 Å². The quantitative estimate of drug-likeness (QED) is 0.740. The van der Waals surface area contributed by atoms with Crippen molar-refractivity contribution in [2.24, 2.45) is 0 Å². The SMILES string of the molecule is CC(C)=CCS(=O)(=O)Cc1ccc(S(=O)(=O)N(C)C)o1. The van der Waals surface area contributed by atoms with E-state index in [-0.39, 0.29) is 22.4 Å². The van der Waals surface area contributed by atoms with Crippen LogP contribution in [-0.4, -0.2) is 41.0 Å². The van der Waals surface area contributed by atoms with Gasteiger partial charge in [0.1, 0.15) is 11.5 Å². The highest BCUT2D eigenvalue weighted by Gasteiger charge is 2.23. The minimum atomic E-state index is -3.68. The summed E-state index contributed by atoms with van der Waals surface area (Å²) in [6.45, 7) is 3.62. The second-order valence-electron chi connectivity index (χ2n) is 4.84. The molecule has 0 saturated heterocycles. The summed E-state index contributed by atoms with van der Waals surface area (Å²) in [5.74, 6) is -0.293. The molecular weight excluding hydrogens is 302 g/mol. The number of allylic oxidation sites excluding steroid dienone is 1. The molecule has 8 heteroatoms. The van der Waals surface area contributed by atoms with E-state index in [1.165, 1.54) is 26.2 Å². The first-order chi connectivity index (χ1) is 9.04. The molecule has 0 fully saturated rings. The Kier molecular flexibility index (Phi) is 5.17. The third-order valence-corrected chi connectivity index (χ3v) is 5.57. The van der Waals surface area contributed by atoms with Gasteiger partial charge in [0.15, 0.2) is 9.84 Å². The molecule has 20 heavy (non-hydrogen) atoms. The zero-order valence-electron chi connectivity index (χ0n) is 12.0. The summed E-state index contributed by atoms with van der Waals surface area (Å²) >= 11 is 0. The average molecular weight is 321 g/mol. The second kappa shape index (κ2) is 6.11. The molecule has 0 unspecified atom stereocenters. The van der Waals surface area contributed by atoms with Crippen molar-refractivity contribution in [3.8, 4) is 0 Å². The highest BCUT2D eigenvalue weighted by molar-refractivity contribution is 7.90. The first kappa shape index (κ1) is 16.9. The normalized spacial score (nSPS) is 12.7. The van der Waals surface area contributed by atoms with Gasteiger partial charge in [0.05, 0.1) is 5.75 Å². The molecule has 0 aliphatic heterocycles. The lowest BCUT2D eigenvalue weighted by Crippen LogP contribution is -2.21. The Labute approximate surface area is 120 Å². The molecule has 0 N–H and O–H groups in total. The van der Waals surface area contributed by atoms with Gasteiger partial charge in [0.2, 0.25) is 5.09 Å². The van der Waals surface area contributed by atoms with E-state index < -0.39 is 19.9 Å². The van der Waals surface area contributed by atoms with Crippen LogP contribution in [0.3, 0.4) is 0 Å². The number of hydrogen-bond donors (Lipinski definition) is 0. The number of rotatable bonds is 6. The van der Waals surface area contributed by atoms with Crippen LogP contribution in [0.1, 0.15) is 19.6 Å². The molecule has 6 nitrogen and oxygen atoms in total. The van der Waals surface area contributed by atoms with Crippen LogP contribution in [0.4, 0.5) is 0 Å². The van der Waals surface area contributed by atoms with Gasteiger partial charge in [-0.2, -0.15) is 0 Å². The zero-order chi connectivity index (χ0) is 15.6. The summed E-state index contributed by atoms with van der Waals surface area (Å²) in [5.41, 5.74) is 0.906. The molecule has 0 spiro atoms. The van der Waals surface area contributed by atoms with Crippen molar-refractivity contribution in [2.45, 2.75) is 24.7 Å². The molecular formula is C12H19NO5S2. The van der Waals surface area contributed by atoms with Gasteiger partial charge >= 0.3 is 0 Å². The van der Waals surface area contributed by atoms with Gasteiger partial charge in [-0.15, -0.1) is 0 Å². The van der Waals surface area contributed by atoms with E-state index in [0.717, 1.165) is 9.88 Å². The molecule has 1 aromatic rings. The van der Waals surface area contributed by atoms with Crippen molar-refractivity contribution < 1.29 is 21.3 Å². The molecule has 1 heterocycles. The number of hydrogen-bond acceptors (Lipinski definition) is 5. The monoisotopic (exact) mass is 321 g/mol. The zero-order valence-corrected chi connectivity index (χ0v) is 13.6. The van der Waals surface area contributed by atoms with E-state index >= 15 is 0 Å². The van der Waals surface area contributed by atoms with Gasteiger partial charge in [-0.05, 0) is 26.0 Å². The molecule has 114 valence electrons. The Morgan fingerprint density at radius 3 is 2.30 bits per heavy atom. The van der Waals surface area contributed by atoms with Crippen LogP contribution in [0.2, 0.25) is 0 Å². The fourth-order valence-corrected chi connectivity index (χ4v) is 3.43. The third-order valence-electron chi connectivity index (χ3n) is 2.48. The molecule has 1 rings (SSSR count). The Morgan fingerprint density at radius 1 is 1.20 bits per heavy atom. The lowest BCUT2D eigenvalue weighted by atomic mass is 10.3. The molecule has 0 saturated carbocycles. The average Bonchev–Trinajstić information content (AvgIpc) is 2.74. The van der Waals surface area contributed by atoms with Gasteiger partial charge in [-0.25, -0.2) is 21.1 Å². The van der Waals surface area contributed by atoms with E-state index in [4.69, 9.17) is 4.42 Å². The van der Waals surface area contributed by atoms with Crippen LogP contribution in [0.5, 0.6) is 0 Å². The van der Waals surface area contributed by atoms with Crippen LogP contribution in [-0.2, 0) is 25.6 Å². The van der Waals surface area contributed by atoms with Crippen LogP contribution in [0, 0.1) is 0 Å². The molecule has 0 bridgehead atoms. The van der Waals surface area contributed by atoms with Crippen LogP contribution >= 0.6 is 0 Å². The maximum absolute atomic E-state index is 11.8. The van der Waals surface area contributed by atoms with Crippen molar-refractivity contribution in [3.63, 3.8) is 0 Å². The van der Waals surface area contributed by atoms with Crippen molar-refractivity contribution in [1.82, 2.24) is 4.31 Å². The molecule has 0 radical (unpaired) electrons. The predicted octanol–water partition coefficient (Wildman–Crippen LogP) is 1.41. The van der Waals surface area contributed by atoms with Gasteiger partial charge in [-0.1, -0.05) is 11.6 Å². The summed E-state index contributed by atoms with van der Waals surface area (Å²) in [6, 6.07) is 2.64. The lowest BCUT2D eigenvalue weighted by Gasteiger charge is -2.07. The van der Waals surface area contributed by atoms with Gasteiger partial charge in [-0.3, -0.25) is 0 Å². The highest BCUT2D eigenvalue weighted by atomic mass is 32.2. The maximum atomic E-state index is 11.8. The first-order valence-corrected chi connectivity index (χ1v) is 9.16. The van der Waals surface area contributed by atoms with E-state index in [2.05, 4.69) is 0 Å². The Morgan fingerprint density at radius 2 is 1.80 bits per heavy atom. The molecule has 0 aliphatic rings. The summed E-state index contributed by atoms with van der Waals surface area (Å²) in [7, 11) is -4.28. The number of sulfonamides is 1. The van der Waals surface area contributed by atoms with Gasteiger partial charge in [0, 0.05) is 14.1 Å². The molecule has 0 atom stereocenters. The molecule has 0 aromatic carbocycles. The minimum absolute atomic E-state index is 0.0915. The minimum Gasteiger partial charge on any atom is -0.447 e. The van der Waals surface area contributed by atoms with Gasteiger partial charge in [0.25, 0.3) is 10.0 Å². The van der Waals surface area contributed by atoms with Crippen LogP contribution < -0.4 is 0 Å². The molecule has 0 amide bonds. The fraction of sp³-hybridized carbons (Fsp3) is 0.500. The number of nitrogens with zero attached hydrogens (tertiary/aromatic N) is 1. The van der Waals surface area contributed by atoms with Crippen molar-refractivity contribution in [1.29, 1.82) is 0 Å². The van der Waals surface area contributed by atoms with Crippen molar-refractivity contribution in [2.75, 3.05) is 19.8 Å².